The van der Waals surface area contributed by atoms with Crippen molar-refractivity contribution < 1.29 is 13.2 Å². The average Bonchev–Trinajstić information content (AvgIpc) is 2.28. The van der Waals surface area contributed by atoms with Gasteiger partial charge in [0.2, 0.25) is 10.0 Å². The Balaban J connectivity index is 1.91. The first kappa shape index (κ1) is 13.6. The fourth-order valence-electron chi connectivity index (χ4n) is 2.01. The Kier molecular flexibility index (Phi) is 4.14. The molecule has 1 aliphatic heterocycles. The molecule has 0 aromatic heterocycles. The van der Waals surface area contributed by atoms with E-state index in [0.29, 0.717) is 31.0 Å². The number of sulfonamides is 1. The lowest BCUT2D eigenvalue weighted by Gasteiger charge is -2.30. The summed E-state index contributed by atoms with van der Waals surface area (Å²) in [5, 5.41) is 0.640. The van der Waals surface area contributed by atoms with Gasteiger partial charge in [-0.25, -0.2) is 12.7 Å². The van der Waals surface area contributed by atoms with E-state index in [1.165, 1.54) is 10.6 Å². The van der Waals surface area contributed by atoms with Crippen molar-refractivity contribution in [1.29, 1.82) is 0 Å². The van der Waals surface area contributed by atoms with Crippen molar-refractivity contribution in [1.82, 2.24) is 4.31 Å². The second-order valence-corrected chi connectivity index (χ2v) is 6.86. The molecule has 18 heavy (non-hydrogen) atoms. The number of ether oxygens (including phenoxy) is 1. The molecule has 0 radical (unpaired) electrons. The first-order chi connectivity index (χ1) is 8.45. The van der Waals surface area contributed by atoms with Crippen LogP contribution in [-0.4, -0.2) is 38.2 Å². The highest BCUT2D eigenvalue weighted by Crippen LogP contribution is 2.22. The zero-order valence-electron chi connectivity index (χ0n) is 10.2. The standard InChI is InChI=1S/C12H16ClNO3S/c1-18(15,16)14-7-5-11(6-8-14)17-12-4-2-3-10(13)9-12/h2-4,9,11H,5-8H2,1H3. The molecule has 1 heterocycles. The number of halogens is 1. The van der Waals surface area contributed by atoms with Crippen LogP contribution in [0.15, 0.2) is 24.3 Å². The average molecular weight is 290 g/mol. The first-order valence-electron chi connectivity index (χ1n) is 5.82. The second-order valence-electron chi connectivity index (χ2n) is 4.44. The van der Waals surface area contributed by atoms with Crippen molar-refractivity contribution in [2.45, 2.75) is 18.9 Å². The number of piperidine rings is 1. The third-order valence-corrected chi connectivity index (χ3v) is 4.51. The number of nitrogens with zero attached hydrogens (tertiary/aromatic N) is 1. The smallest absolute Gasteiger partial charge is 0.211 e. The van der Waals surface area contributed by atoms with E-state index < -0.39 is 10.0 Å². The van der Waals surface area contributed by atoms with Crippen LogP contribution < -0.4 is 4.74 Å². The maximum Gasteiger partial charge on any atom is 0.211 e. The highest BCUT2D eigenvalue weighted by atomic mass is 35.5. The Morgan fingerprint density at radius 3 is 2.56 bits per heavy atom. The number of hydrogen-bond acceptors (Lipinski definition) is 3. The minimum atomic E-state index is -3.07. The summed E-state index contributed by atoms with van der Waals surface area (Å²) in [4.78, 5) is 0. The molecular weight excluding hydrogens is 274 g/mol. The quantitative estimate of drug-likeness (QED) is 0.856. The van der Waals surface area contributed by atoms with Crippen LogP contribution in [0.25, 0.3) is 0 Å². The molecule has 0 bridgehead atoms. The molecule has 1 aromatic carbocycles. The summed E-state index contributed by atoms with van der Waals surface area (Å²) in [6.45, 7) is 1.04. The Hall–Kier alpha value is -0.780. The van der Waals surface area contributed by atoms with Gasteiger partial charge < -0.3 is 4.74 Å². The maximum absolute atomic E-state index is 11.4. The molecule has 1 saturated heterocycles. The van der Waals surface area contributed by atoms with E-state index in [1.54, 1.807) is 12.1 Å². The van der Waals surface area contributed by atoms with E-state index in [-0.39, 0.29) is 6.10 Å². The molecule has 0 spiro atoms. The zero-order chi connectivity index (χ0) is 13.2. The van der Waals surface area contributed by atoms with E-state index in [9.17, 15) is 8.42 Å². The topological polar surface area (TPSA) is 46.6 Å². The van der Waals surface area contributed by atoms with Gasteiger partial charge in [0.05, 0.1) is 6.26 Å². The van der Waals surface area contributed by atoms with Crippen molar-refractivity contribution in [2.75, 3.05) is 19.3 Å². The molecule has 0 atom stereocenters. The maximum atomic E-state index is 11.4. The fraction of sp³-hybridized carbons (Fsp3) is 0.500. The lowest BCUT2D eigenvalue weighted by atomic mass is 10.1. The van der Waals surface area contributed by atoms with Gasteiger partial charge in [-0.15, -0.1) is 0 Å². The summed E-state index contributed by atoms with van der Waals surface area (Å²) < 4.78 is 30.0. The number of rotatable bonds is 3. The van der Waals surface area contributed by atoms with Gasteiger partial charge in [0.1, 0.15) is 11.9 Å². The SMILES string of the molecule is CS(=O)(=O)N1CCC(Oc2cccc(Cl)c2)CC1. The van der Waals surface area contributed by atoms with Crippen LogP contribution in [0.4, 0.5) is 0 Å². The summed E-state index contributed by atoms with van der Waals surface area (Å²) in [6, 6.07) is 7.25. The summed E-state index contributed by atoms with van der Waals surface area (Å²) >= 11 is 5.88. The molecule has 1 aliphatic rings. The van der Waals surface area contributed by atoms with Crippen LogP contribution in [0.3, 0.4) is 0 Å². The van der Waals surface area contributed by atoms with Crippen LogP contribution >= 0.6 is 11.6 Å². The van der Waals surface area contributed by atoms with Gasteiger partial charge in [-0.1, -0.05) is 17.7 Å². The first-order valence-corrected chi connectivity index (χ1v) is 8.05. The largest absolute Gasteiger partial charge is 0.490 e. The molecule has 0 amide bonds. The zero-order valence-corrected chi connectivity index (χ0v) is 11.7. The van der Waals surface area contributed by atoms with Gasteiger partial charge in [0.15, 0.2) is 0 Å². The van der Waals surface area contributed by atoms with Crippen LogP contribution in [0.5, 0.6) is 5.75 Å². The number of benzene rings is 1. The minimum Gasteiger partial charge on any atom is -0.490 e. The molecule has 1 aromatic rings. The van der Waals surface area contributed by atoms with Crippen molar-refractivity contribution >= 4 is 21.6 Å². The Labute approximate surface area is 113 Å². The lowest BCUT2D eigenvalue weighted by molar-refractivity contribution is 0.135. The third kappa shape index (κ3) is 3.60. The summed E-state index contributed by atoms with van der Waals surface area (Å²) in [5.41, 5.74) is 0. The van der Waals surface area contributed by atoms with Crippen LogP contribution in [0.1, 0.15) is 12.8 Å². The predicted molar refractivity (Wildman–Crippen MR) is 71.5 cm³/mol. The van der Waals surface area contributed by atoms with Crippen LogP contribution in [0.2, 0.25) is 5.02 Å². The third-order valence-electron chi connectivity index (χ3n) is 2.97. The molecule has 0 saturated carbocycles. The van der Waals surface area contributed by atoms with E-state index in [1.807, 2.05) is 12.1 Å². The van der Waals surface area contributed by atoms with Crippen molar-refractivity contribution in [2.24, 2.45) is 0 Å². The molecule has 6 heteroatoms. The molecule has 0 N–H and O–H groups in total. The molecule has 2 rings (SSSR count). The second kappa shape index (κ2) is 5.47. The normalized spacial score (nSPS) is 18.8. The Bertz CT molecular complexity index is 510. The van der Waals surface area contributed by atoms with Gasteiger partial charge in [-0.3, -0.25) is 0 Å². The minimum absolute atomic E-state index is 0.0569. The van der Waals surface area contributed by atoms with Gasteiger partial charge in [0, 0.05) is 18.1 Å². The van der Waals surface area contributed by atoms with E-state index in [2.05, 4.69) is 0 Å². The molecular formula is C12H16ClNO3S. The van der Waals surface area contributed by atoms with E-state index >= 15 is 0 Å². The van der Waals surface area contributed by atoms with Gasteiger partial charge >= 0.3 is 0 Å². The molecule has 0 aliphatic carbocycles. The lowest BCUT2D eigenvalue weighted by Crippen LogP contribution is -2.41. The van der Waals surface area contributed by atoms with E-state index in [4.69, 9.17) is 16.3 Å². The van der Waals surface area contributed by atoms with Crippen LogP contribution in [-0.2, 0) is 10.0 Å². The summed E-state index contributed by atoms with van der Waals surface area (Å²) in [7, 11) is -3.07. The van der Waals surface area contributed by atoms with Gasteiger partial charge in [-0.2, -0.15) is 0 Å². The summed E-state index contributed by atoms with van der Waals surface area (Å²) in [5.74, 6) is 0.736. The predicted octanol–water partition coefficient (Wildman–Crippen LogP) is 2.14. The van der Waals surface area contributed by atoms with Crippen molar-refractivity contribution in [3.05, 3.63) is 29.3 Å². The highest BCUT2D eigenvalue weighted by molar-refractivity contribution is 7.88. The van der Waals surface area contributed by atoms with Gasteiger partial charge in [0.25, 0.3) is 0 Å². The Morgan fingerprint density at radius 2 is 2.00 bits per heavy atom. The fourth-order valence-corrected chi connectivity index (χ4v) is 3.07. The molecule has 100 valence electrons. The van der Waals surface area contributed by atoms with Crippen molar-refractivity contribution in [3.63, 3.8) is 0 Å². The number of hydrogen-bond donors (Lipinski definition) is 0. The van der Waals surface area contributed by atoms with E-state index in [0.717, 1.165) is 5.75 Å². The highest BCUT2D eigenvalue weighted by Gasteiger charge is 2.25. The van der Waals surface area contributed by atoms with Crippen molar-refractivity contribution in [3.8, 4) is 5.75 Å². The monoisotopic (exact) mass is 289 g/mol. The Morgan fingerprint density at radius 1 is 1.33 bits per heavy atom. The molecule has 1 fully saturated rings. The molecule has 4 nitrogen and oxygen atoms in total. The van der Waals surface area contributed by atoms with Gasteiger partial charge in [-0.05, 0) is 31.0 Å². The molecule has 0 unspecified atom stereocenters. The van der Waals surface area contributed by atoms with Crippen LogP contribution in [0, 0.1) is 0 Å². The summed E-state index contributed by atoms with van der Waals surface area (Å²) in [6.07, 6.45) is 2.71.